The number of carbonyl (C=O) groups excluding carboxylic acids is 1. The quantitative estimate of drug-likeness (QED) is 0.642. The molecule has 0 bridgehead atoms. The van der Waals surface area contributed by atoms with Crippen molar-refractivity contribution < 1.29 is 32.0 Å². The predicted octanol–water partition coefficient (Wildman–Crippen LogP) is 3.91. The molecule has 1 aromatic heterocycles. The number of hydrogen-bond acceptors (Lipinski definition) is 5. The van der Waals surface area contributed by atoms with E-state index in [1.54, 1.807) is 48.5 Å². The molecule has 32 heavy (non-hydrogen) atoms. The molecular formula is C21H33BF3N3O4. The molecule has 0 unspecified atom stereocenters. The van der Waals surface area contributed by atoms with E-state index in [2.05, 4.69) is 5.10 Å². The van der Waals surface area contributed by atoms with E-state index in [0.29, 0.717) is 19.4 Å². The summed E-state index contributed by atoms with van der Waals surface area (Å²) >= 11 is 0. The predicted molar refractivity (Wildman–Crippen MR) is 114 cm³/mol. The first-order valence-corrected chi connectivity index (χ1v) is 10.9. The molecule has 2 saturated heterocycles. The number of halogens is 3. The highest BCUT2D eigenvalue weighted by molar-refractivity contribution is 6.63. The molecule has 0 aromatic carbocycles. The average Bonchev–Trinajstić information content (AvgIpc) is 3.21. The van der Waals surface area contributed by atoms with Crippen LogP contribution in [0.1, 0.15) is 72.7 Å². The van der Waals surface area contributed by atoms with Gasteiger partial charge in [-0.25, -0.2) is 4.79 Å². The Labute approximate surface area is 187 Å². The minimum Gasteiger partial charge on any atom is -0.444 e. The van der Waals surface area contributed by atoms with E-state index >= 15 is 0 Å². The Kier molecular flexibility index (Phi) is 6.17. The normalized spacial score (nSPS) is 23.2. The number of alkyl halides is 3. The van der Waals surface area contributed by atoms with Gasteiger partial charge in [0.25, 0.3) is 0 Å². The van der Waals surface area contributed by atoms with E-state index in [9.17, 15) is 18.0 Å². The highest BCUT2D eigenvalue weighted by atomic mass is 19.4. The van der Waals surface area contributed by atoms with E-state index in [1.807, 2.05) is 0 Å². The van der Waals surface area contributed by atoms with E-state index < -0.39 is 47.9 Å². The van der Waals surface area contributed by atoms with Crippen LogP contribution < -0.4 is 5.46 Å². The van der Waals surface area contributed by atoms with Gasteiger partial charge in [0.1, 0.15) is 11.3 Å². The number of nitrogens with zero attached hydrogens (tertiary/aromatic N) is 3. The van der Waals surface area contributed by atoms with Crippen LogP contribution in [0.2, 0.25) is 0 Å². The molecule has 0 radical (unpaired) electrons. The van der Waals surface area contributed by atoms with E-state index in [-0.39, 0.29) is 17.7 Å². The Morgan fingerprint density at radius 1 is 1.19 bits per heavy atom. The molecule has 180 valence electrons. The largest absolute Gasteiger partial charge is 0.498 e. The van der Waals surface area contributed by atoms with Crippen molar-refractivity contribution in [3.05, 3.63) is 11.4 Å². The summed E-state index contributed by atoms with van der Waals surface area (Å²) in [5, 5.41) is 4.21. The van der Waals surface area contributed by atoms with Gasteiger partial charge in [0.05, 0.1) is 29.5 Å². The average molecular weight is 459 g/mol. The van der Waals surface area contributed by atoms with Crippen molar-refractivity contribution in [3.63, 3.8) is 0 Å². The zero-order valence-corrected chi connectivity index (χ0v) is 20.1. The summed E-state index contributed by atoms with van der Waals surface area (Å²) in [4.78, 5) is 14.1. The summed E-state index contributed by atoms with van der Waals surface area (Å²) in [5.41, 5.74) is -3.07. The van der Waals surface area contributed by atoms with E-state index in [1.165, 1.54) is 11.8 Å². The molecule has 0 saturated carbocycles. The summed E-state index contributed by atoms with van der Waals surface area (Å²) in [7, 11) is -1.18. The highest BCUT2D eigenvalue weighted by Crippen LogP contribution is 2.39. The molecule has 3 rings (SSSR count). The van der Waals surface area contributed by atoms with Gasteiger partial charge in [0.15, 0.2) is 0 Å². The summed E-state index contributed by atoms with van der Waals surface area (Å²) < 4.78 is 60.9. The molecule has 2 fully saturated rings. The lowest BCUT2D eigenvalue weighted by Gasteiger charge is -2.32. The van der Waals surface area contributed by atoms with Crippen molar-refractivity contribution in [1.29, 1.82) is 0 Å². The van der Waals surface area contributed by atoms with Crippen LogP contribution in [0.25, 0.3) is 0 Å². The van der Waals surface area contributed by atoms with Crippen molar-refractivity contribution in [3.8, 4) is 0 Å². The fourth-order valence-corrected chi connectivity index (χ4v) is 4.06. The van der Waals surface area contributed by atoms with E-state index in [0.717, 1.165) is 4.68 Å². The standard InChI is InChI=1S/C21H33BF3N3O4/c1-13-15(22-31-19(5,6)20(7,8)32-22)16(21(23,24)25)28(26-13)12-14-10-9-11-27(14)17(29)30-18(2,3)4/h14H,9-12H2,1-8H3/t14-/m1/s1. The lowest BCUT2D eigenvalue weighted by atomic mass is 9.77. The molecule has 1 atom stereocenters. The zero-order chi connectivity index (χ0) is 24.3. The maximum atomic E-state index is 14.2. The third-order valence-electron chi connectivity index (χ3n) is 6.32. The van der Waals surface area contributed by atoms with Gasteiger partial charge >= 0.3 is 19.4 Å². The van der Waals surface area contributed by atoms with Gasteiger partial charge in [-0.05, 0) is 68.2 Å². The molecule has 3 heterocycles. The second kappa shape index (κ2) is 7.93. The highest BCUT2D eigenvalue weighted by Gasteiger charge is 2.55. The molecule has 0 N–H and O–H groups in total. The van der Waals surface area contributed by atoms with Gasteiger partial charge in [0, 0.05) is 12.0 Å². The molecule has 11 heteroatoms. The number of aromatic nitrogens is 2. The SMILES string of the molecule is Cc1nn(C[C@H]2CCCN2C(=O)OC(C)(C)C)c(C(F)(F)F)c1B1OC(C)(C)C(C)(C)O1. The number of hydrogen-bond donors (Lipinski definition) is 0. The number of likely N-dealkylation sites (tertiary alicyclic amines) is 1. The number of amides is 1. The topological polar surface area (TPSA) is 65.8 Å². The van der Waals surface area contributed by atoms with Gasteiger partial charge in [-0.3, -0.25) is 4.68 Å². The number of ether oxygens (including phenoxy) is 1. The second-order valence-corrected chi connectivity index (χ2v) is 10.6. The number of carbonyl (C=O) groups is 1. The minimum atomic E-state index is -4.67. The summed E-state index contributed by atoms with van der Waals surface area (Å²) in [6, 6.07) is -0.448. The Morgan fingerprint density at radius 2 is 1.75 bits per heavy atom. The lowest BCUT2D eigenvalue weighted by Crippen LogP contribution is -2.43. The smallest absolute Gasteiger partial charge is 0.444 e. The fourth-order valence-electron chi connectivity index (χ4n) is 4.06. The minimum absolute atomic E-state index is 0.0889. The molecular weight excluding hydrogens is 426 g/mol. The molecule has 1 aromatic rings. The monoisotopic (exact) mass is 459 g/mol. The van der Waals surface area contributed by atoms with Crippen LogP contribution in [0.15, 0.2) is 0 Å². The third-order valence-corrected chi connectivity index (χ3v) is 6.32. The van der Waals surface area contributed by atoms with Crippen molar-refractivity contribution in [1.82, 2.24) is 14.7 Å². The molecule has 0 aliphatic carbocycles. The maximum Gasteiger partial charge on any atom is 0.498 e. The molecule has 7 nitrogen and oxygen atoms in total. The summed E-state index contributed by atoms with van der Waals surface area (Å²) in [6.07, 6.45) is -3.93. The Balaban J connectivity index is 1.93. The van der Waals surface area contributed by atoms with Crippen LogP contribution in [0, 0.1) is 6.92 Å². The van der Waals surface area contributed by atoms with Crippen LogP contribution in [0.3, 0.4) is 0 Å². The van der Waals surface area contributed by atoms with Gasteiger partial charge in [-0.15, -0.1) is 0 Å². The first kappa shape index (κ1) is 24.9. The Morgan fingerprint density at radius 3 is 2.25 bits per heavy atom. The van der Waals surface area contributed by atoms with Crippen LogP contribution in [-0.4, -0.2) is 57.3 Å². The van der Waals surface area contributed by atoms with Crippen molar-refractivity contribution in [2.75, 3.05) is 6.54 Å². The van der Waals surface area contributed by atoms with Crippen molar-refractivity contribution in [2.24, 2.45) is 0 Å². The third kappa shape index (κ3) is 4.78. The molecule has 2 aliphatic rings. The molecule has 1 amide bonds. The molecule has 2 aliphatic heterocycles. The number of aryl methyl sites for hydroxylation is 1. The molecule has 0 spiro atoms. The fraction of sp³-hybridized carbons (Fsp3) is 0.810. The Bertz CT molecular complexity index is 861. The van der Waals surface area contributed by atoms with Gasteiger partial charge < -0.3 is 18.9 Å². The van der Waals surface area contributed by atoms with Gasteiger partial charge in [-0.2, -0.15) is 18.3 Å². The van der Waals surface area contributed by atoms with Crippen LogP contribution in [-0.2, 0) is 26.8 Å². The second-order valence-electron chi connectivity index (χ2n) is 10.6. The van der Waals surface area contributed by atoms with Gasteiger partial charge in [-0.1, -0.05) is 0 Å². The van der Waals surface area contributed by atoms with Crippen LogP contribution in [0.4, 0.5) is 18.0 Å². The van der Waals surface area contributed by atoms with Crippen LogP contribution in [0.5, 0.6) is 0 Å². The number of rotatable bonds is 3. The van der Waals surface area contributed by atoms with Crippen LogP contribution >= 0.6 is 0 Å². The van der Waals surface area contributed by atoms with E-state index in [4.69, 9.17) is 14.0 Å². The summed E-state index contributed by atoms with van der Waals surface area (Å²) in [6.45, 7) is 14.3. The lowest BCUT2D eigenvalue weighted by molar-refractivity contribution is -0.143. The van der Waals surface area contributed by atoms with Crippen molar-refractivity contribution >= 4 is 18.7 Å². The first-order valence-electron chi connectivity index (χ1n) is 10.9. The van der Waals surface area contributed by atoms with Crippen molar-refractivity contribution in [2.45, 2.75) is 104 Å². The zero-order valence-electron chi connectivity index (χ0n) is 20.1. The maximum absolute atomic E-state index is 14.2. The Hall–Kier alpha value is -1.75. The van der Waals surface area contributed by atoms with Gasteiger partial charge in [0.2, 0.25) is 0 Å². The summed E-state index contributed by atoms with van der Waals surface area (Å²) in [5.74, 6) is 0. The first-order chi connectivity index (χ1) is 14.4.